The summed E-state index contributed by atoms with van der Waals surface area (Å²) in [4.78, 5) is 43.8. The van der Waals surface area contributed by atoms with Crippen molar-refractivity contribution >= 4 is 28.3 Å². The standard InChI is InChI=1S/C20H26N4O3S/c1-12(2)7-19(27)23-6-5-16-17(10-23)28-20(21-16)22-18(26)11-24-13(3)8-15(25)9-14(24)4/h8-9,12H,5-7,10-11H2,1-4H3,(H,21,22,26). The summed E-state index contributed by atoms with van der Waals surface area (Å²) in [5.41, 5.74) is 2.40. The van der Waals surface area contributed by atoms with Crippen LogP contribution >= 0.6 is 11.3 Å². The Balaban J connectivity index is 1.66. The molecule has 1 aliphatic rings. The third-order valence-electron chi connectivity index (χ3n) is 4.77. The van der Waals surface area contributed by atoms with Gasteiger partial charge in [0.05, 0.1) is 12.2 Å². The minimum atomic E-state index is -0.186. The van der Waals surface area contributed by atoms with Gasteiger partial charge in [-0.3, -0.25) is 14.4 Å². The van der Waals surface area contributed by atoms with E-state index < -0.39 is 0 Å². The molecule has 150 valence electrons. The highest BCUT2D eigenvalue weighted by Gasteiger charge is 2.25. The van der Waals surface area contributed by atoms with Gasteiger partial charge in [-0.2, -0.15) is 0 Å². The summed E-state index contributed by atoms with van der Waals surface area (Å²) in [6, 6.07) is 3.04. The lowest BCUT2D eigenvalue weighted by Gasteiger charge is -2.26. The summed E-state index contributed by atoms with van der Waals surface area (Å²) < 4.78 is 1.80. The largest absolute Gasteiger partial charge is 0.340 e. The van der Waals surface area contributed by atoms with Crippen LogP contribution in [0.5, 0.6) is 0 Å². The minimum Gasteiger partial charge on any atom is -0.340 e. The van der Waals surface area contributed by atoms with Crippen LogP contribution in [0.2, 0.25) is 0 Å². The number of nitrogens with zero attached hydrogens (tertiary/aromatic N) is 3. The van der Waals surface area contributed by atoms with E-state index in [1.54, 1.807) is 4.57 Å². The fourth-order valence-electron chi connectivity index (χ4n) is 3.38. The predicted octanol–water partition coefficient (Wildman–Crippen LogP) is 2.49. The number of carbonyl (C=O) groups excluding carboxylic acids is 2. The molecule has 0 radical (unpaired) electrons. The van der Waals surface area contributed by atoms with Crippen LogP contribution < -0.4 is 10.7 Å². The van der Waals surface area contributed by atoms with E-state index in [-0.39, 0.29) is 23.8 Å². The van der Waals surface area contributed by atoms with Crippen LogP contribution in [-0.2, 0) is 29.1 Å². The summed E-state index contributed by atoms with van der Waals surface area (Å²) in [6.45, 7) is 9.07. The highest BCUT2D eigenvalue weighted by Crippen LogP contribution is 2.29. The number of fused-ring (bicyclic) bond motifs is 1. The maximum Gasteiger partial charge on any atom is 0.246 e. The Morgan fingerprint density at radius 3 is 2.57 bits per heavy atom. The number of carbonyl (C=O) groups is 2. The van der Waals surface area contributed by atoms with Crippen molar-refractivity contribution in [3.8, 4) is 0 Å². The van der Waals surface area contributed by atoms with Gasteiger partial charge in [-0.05, 0) is 19.8 Å². The molecule has 0 atom stereocenters. The van der Waals surface area contributed by atoms with E-state index in [2.05, 4.69) is 10.3 Å². The molecule has 0 aromatic carbocycles. The molecule has 3 heterocycles. The molecule has 2 aromatic rings. The Hall–Kier alpha value is -2.48. The molecular formula is C20H26N4O3S. The van der Waals surface area contributed by atoms with Crippen LogP contribution in [0, 0.1) is 19.8 Å². The van der Waals surface area contributed by atoms with Gasteiger partial charge in [0.2, 0.25) is 11.8 Å². The molecule has 0 spiro atoms. The van der Waals surface area contributed by atoms with Gasteiger partial charge >= 0.3 is 0 Å². The third-order valence-corrected chi connectivity index (χ3v) is 5.77. The molecule has 0 fully saturated rings. The summed E-state index contributed by atoms with van der Waals surface area (Å²) in [5.74, 6) is 0.322. The minimum absolute atomic E-state index is 0.0594. The Morgan fingerprint density at radius 2 is 1.93 bits per heavy atom. The predicted molar refractivity (Wildman–Crippen MR) is 109 cm³/mol. The van der Waals surface area contributed by atoms with E-state index in [9.17, 15) is 14.4 Å². The van der Waals surface area contributed by atoms with Gasteiger partial charge in [0.25, 0.3) is 0 Å². The van der Waals surface area contributed by atoms with Gasteiger partial charge in [-0.15, -0.1) is 0 Å². The zero-order chi connectivity index (χ0) is 20.4. The fourth-order valence-corrected chi connectivity index (χ4v) is 4.42. The van der Waals surface area contributed by atoms with Crippen molar-refractivity contribution in [3.05, 3.63) is 44.3 Å². The first-order chi connectivity index (χ1) is 13.2. The second-order valence-electron chi connectivity index (χ2n) is 7.66. The molecule has 0 saturated carbocycles. The molecule has 3 rings (SSSR count). The number of thiazole rings is 1. The molecule has 0 saturated heterocycles. The lowest BCUT2D eigenvalue weighted by atomic mass is 10.1. The second kappa shape index (κ2) is 8.26. The maximum absolute atomic E-state index is 12.5. The quantitative estimate of drug-likeness (QED) is 0.833. The molecule has 8 heteroatoms. The van der Waals surface area contributed by atoms with Crippen molar-refractivity contribution in [1.82, 2.24) is 14.5 Å². The van der Waals surface area contributed by atoms with Gasteiger partial charge in [0.1, 0.15) is 6.54 Å². The first-order valence-corrected chi connectivity index (χ1v) is 10.3. The molecule has 0 bridgehead atoms. The van der Waals surface area contributed by atoms with Crippen molar-refractivity contribution < 1.29 is 9.59 Å². The molecule has 0 aliphatic carbocycles. The zero-order valence-corrected chi connectivity index (χ0v) is 17.6. The number of aromatic nitrogens is 2. The third kappa shape index (κ3) is 4.67. The lowest BCUT2D eigenvalue weighted by Crippen LogP contribution is -2.36. The van der Waals surface area contributed by atoms with Gasteiger partial charge in [0.15, 0.2) is 10.6 Å². The highest BCUT2D eigenvalue weighted by molar-refractivity contribution is 7.15. The number of pyridine rings is 1. The van der Waals surface area contributed by atoms with Gasteiger partial charge in [-0.1, -0.05) is 25.2 Å². The Kier molecular flexibility index (Phi) is 5.98. The first-order valence-electron chi connectivity index (χ1n) is 9.47. The van der Waals surface area contributed by atoms with E-state index in [0.717, 1.165) is 22.0 Å². The van der Waals surface area contributed by atoms with Crippen LogP contribution in [0.15, 0.2) is 16.9 Å². The average molecular weight is 403 g/mol. The van der Waals surface area contributed by atoms with Gasteiger partial charge in [0, 0.05) is 47.8 Å². The SMILES string of the molecule is Cc1cc(=O)cc(C)n1CC(=O)Nc1nc2c(s1)CN(C(=O)CC(C)C)CC2. The van der Waals surface area contributed by atoms with Crippen molar-refractivity contribution in [1.29, 1.82) is 0 Å². The van der Waals surface area contributed by atoms with Gasteiger partial charge < -0.3 is 14.8 Å². The fraction of sp³-hybridized carbons (Fsp3) is 0.500. The van der Waals surface area contributed by atoms with Crippen LogP contribution in [0.25, 0.3) is 0 Å². The van der Waals surface area contributed by atoms with Crippen LogP contribution in [-0.4, -0.2) is 32.8 Å². The molecule has 0 unspecified atom stereocenters. The number of anilines is 1. The molecule has 1 aliphatic heterocycles. The van der Waals surface area contributed by atoms with Crippen molar-refractivity contribution in [3.63, 3.8) is 0 Å². The smallest absolute Gasteiger partial charge is 0.246 e. The number of aryl methyl sites for hydroxylation is 2. The number of rotatable bonds is 5. The molecule has 7 nitrogen and oxygen atoms in total. The highest BCUT2D eigenvalue weighted by atomic mass is 32.1. The monoisotopic (exact) mass is 402 g/mol. The average Bonchev–Trinajstić information content (AvgIpc) is 2.98. The second-order valence-corrected chi connectivity index (χ2v) is 8.74. The maximum atomic E-state index is 12.5. The molecule has 2 aromatic heterocycles. The normalized spacial score (nSPS) is 13.5. The van der Waals surface area contributed by atoms with Crippen LogP contribution in [0.4, 0.5) is 5.13 Å². The van der Waals surface area contributed by atoms with E-state index in [4.69, 9.17) is 0 Å². The van der Waals surface area contributed by atoms with E-state index in [0.29, 0.717) is 37.0 Å². The van der Waals surface area contributed by atoms with Crippen LogP contribution in [0.1, 0.15) is 42.2 Å². The Labute approximate surface area is 168 Å². The molecular weight excluding hydrogens is 376 g/mol. The Bertz CT molecular complexity index is 935. The van der Waals surface area contributed by atoms with E-state index in [1.807, 2.05) is 32.6 Å². The van der Waals surface area contributed by atoms with E-state index >= 15 is 0 Å². The zero-order valence-electron chi connectivity index (χ0n) is 16.7. The number of hydrogen-bond acceptors (Lipinski definition) is 5. The topological polar surface area (TPSA) is 84.3 Å². The first kappa shape index (κ1) is 20.3. The molecule has 2 amide bonds. The summed E-state index contributed by atoms with van der Waals surface area (Å²) in [5, 5.41) is 3.42. The number of amides is 2. The van der Waals surface area contributed by atoms with Crippen LogP contribution in [0.3, 0.4) is 0 Å². The number of hydrogen-bond donors (Lipinski definition) is 1. The van der Waals surface area contributed by atoms with E-state index in [1.165, 1.54) is 23.5 Å². The van der Waals surface area contributed by atoms with Crippen molar-refractivity contribution in [2.24, 2.45) is 5.92 Å². The molecule has 1 N–H and O–H groups in total. The summed E-state index contributed by atoms with van der Waals surface area (Å²) >= 11 is 1.43. The molecule has 28 heavy (non-hydrogen) atoms. The Morgan fingerprint density at radius 1 is 1.25 bits per heavy atom. The summed E-state index contributed by atoms with van der Waals surface area (Å²) in [6.07, 6.45) is 1.26. The van der Waals surface area contributed by atoms with Crippen molar-refractivity contribution in [2.45, 2.75) is 53.6 Å². The van der Waals surface area contributed by atoms with Crippen molar-refractivity contribution in [2.75, 3.05) is 11.9 Å². The lowest BCUT2D eigenvalue weighted by molar-refractivity contribution is -0.132. The van der Waals surface area contributed by atoms with Gasteiger partial charge in [-0.25, -0.2) is 4.98 Å². The number of nitrogens with one attached hydrogen (secondary N) is 1. The summed E-state index contributed by atoms with van der Waals surface area (Å²) in [7, 11) is 0.